The highest BCUT2D eigenvalue weighted by molar-refractivity contribution is 7.46. The Morgan fingerprint density at radius 3 is 2.50 bits per heavy atom. The average Bonchev–Trinajstić information content (AvgIpc) is 2.33. The van der Waals surface area contributed by atoms with E-state index in [0.29, 0.717) is 5.56 Å². The van der Waals surface area contributed by atoms with E-state index in [9.17, 15) is 9.36 Å². The normalized spacial score (nSPS) is 12.8. The van der Waals surface area contributed by atoms with Crippen LogP contribution in [0.3, 0.4) is 0 Å². The van der Waals surface area contributed by atoms with Crippen molar-refractivity contribution in [2.24, 2.45) is 0 Å². The number of carbonyl (C=O) groups is 1. The Morgan fingerprint density at radius 1 is 1.39 bits per heavy atom. The number of esters is 1. The summed E-state index contributed by atoms with van der Waals surface area (Å²) in [6.07, 6.45) is -0.0737. The van der Waals surface area contributed by atoms with E-state index in [-0.39, 0.29) is 6.61 Å². The van der Waals surface area contributed by atoms with Crippen LogP contribution in [0.5, 0.6) is 0 Å². The molecule has 7 heteroatoms. The van der Waals surface area contributed by atoms with Gasteiger partial charge in [-0.3, -0.25) is 4.52 Å². The van der Waals surface area contributed by atoms with Crippen molar-refractivity contribution in [3.63, 3.8) is 0 Å². The highest BCUT2D eigenvalue weighted by Gasteiger charge is 2.24. The molecule has 1 atom stereocenters. The quantitative estimate of drug-likeness (QED) is 0.464. The molecule has 1 rings (SSSR count). The molecular weight excluding hydrogens is 259 g/mol. The molecule has 6 nitrogen and oxygen atoms in total. The van der Waals surface area contributed by atoms with E-state index in [2.05, 4.69) is 11.1 Å². The Morgan fingerprint density at radius 2 is 2.00 bits per heavy atom. The second-order valence-corrected chi connectivity index (χ2v) is 4.52. The first-order valence-corrected chi connectivity index (χ1v) is 6.53. The molecule has 0 bridgehead atoms. The molecule has 0 aliphatic carbocycles. The van der Waals surface area contributed by atoms with Crippen LogP contribution < -0.4 is 0 Å². The second kappa shape index (κ2) is 6.47. The Balaban J connectivity index is 2.79. The molecule has 0 heterocycles. The molecule has 0 saturated heterocycles. The van der Waals surface area contributed by atoms with Crippen molar-refractivity contribution >= 4 is 13.8 Å². The summed E-state index contributed by atoms with van der Waals surface area (Å²) in [5.74, 6) is -0.690. The highest BCUT2D eigenvalue weighted by atomic mass is 31.2. The third-order valence-corrected chi connectivity index (χ3v) is 2.51. The van der Waals surface area contributed by atoms with Gasteiger partial charge in [0, 0.05) is 6.08 Å². The molecule has 0 amide bonds. The summed E-state index contributed by atoms with van der Waals surface area (Å²) >= 11 is 0. The molecule has 0 aliphatic heterocycles. The zero-order valence-electron chi connectivity index (χ0n) is 9.43. The fraction of sp³-hybridized carbons (Fsp3) is 0.182. The average molecular weight is 272 g/mol. The number of hydrogen-bond acceptors (Lipinski definition) is 4. The lowest BCUT2D eigenvalue weighted by Gasteiger charge is -2.18. The van der Waals surface area contributed by atoms with Gasteiger partial charge in [0.15, 0.2) is 0 Å². The van der Waals surface area contributed by atoms with Gasteiger partial charge < -0.3 is 14.5 Å². The van der Waals surface area contributed by atoms with Gasteiger partial charge in [-0.2, -0.15) is 0 Å². The Labute approximate surface area is 104 Å². The zero-order chi connectivity index (χ0) is 13.6. The molecule has 0 aromatic heterocycles. The molecule has 18 heavy (non-hydrogen) atoms. The van der Waals surface area contributed by atoms with Crippen molar-refractivity contribution in [3.05, 3.63) is 48.6 Å². The van der Waals surface area contributed by atoms with Crippen LogP contribution in [-0.4, -0.2) is 22.4 Å². The highest BCUT2D eigenvalue weighted by Crippen LogP contribution is 2.42. The molecule has 0 spiro atoms. The first-order chi connectivity index (χ1) is 8.42. The number of carbonyl (C=O) groups excluding carboxylic acids is 1. The van der Waals surface area contributed by atoms with Crippen molar-refractivity contribution in [3.8, 4) is 0 Å². The van der Waals surface area contributed by atoms with Crippen molar-refractivity contribution in [2.75, 3.05) is 6.61 Å². The van der Waals surface area contributed by atoms with Gasteiger partial charge in [0.05, 0.1) is 0 Å². The SMILES string of the molecule is C=CC(=O)OCC(OP(=O)(O)O)c1ccccc1. The Bertz CT molecular complexity index is 452. The second-order valence-electron chi connectivity index (χ2n) is 3.33. The maximum atomic E-state index is 10.9. The van der Waals surface area contributed by atoms with Gasteiger partial charge >= 0.3 is 13.8 Å². The van der Waals surface area contributed by atoms with Crippen LogP contribution >= 0.6 is 7.82 Å². The number of benzene rings is 1. The topological polar surface area (TPSA) is 93.1 Å². The van der Waals surface area contributed by atoms with E-state index < -0.39 is 19.9 Å². The zero-order valence-corrected chi connectivity index (χ0v) is 10.3. The molecule has 0 aliphatic rings. The van der Waals surface area contributed by atoms with E-state index in [0.717, 1.165) is 6.08 Å². The van der Waals surface area contributed by atoms with Gasteiger partial charge in [-0.25, -0.2) is 9.36 Å². The summed E-state index contributed by atoms with van der Waals surface area (Å²) in [6, 6.07) is 8.33. The Hall–Kier alpha value is -1.46. The van der Waals surface area contributed by atoms with Gasteiger partial charge in [0.1, 0.15) is 12.7 Å². The molecule has 98 valence electrons. The third kappa shape index (κ3) is 5.25. The van der Waals surface area contributed by atoms with E-state index >= 15 is 0 Å². The maximum absolute atomic E-state index is 10.9. The minimum atomic E-state index is -4.67. The lowest BCUT2D eigenvalue weighted by Crippen LogP contribution is -2.13. The molecule has 0 radical (unpaired) electrons. The minimum absolute atomic E-state index is 0.306. The van der Waals surface area contributed by atoms with Gasteiger partial charge in [-0.05, 0) is 5.56 Å². The van der Waals surface area contributed by atoms with Crippen LogP contribution in [0, 0.1) is 0 Å². The van der Waals surface area contributed by atoms with Gasteiger partial charge in [-0.15, -0.1) is 0 Å². The standard InChI is InChI=1S/C11H13O6P/c1-2-11(12)16-8-10(17-18(13,14)15)9-6-4-3-5-7-9/h2-7,10H,1,8H2,(H2,13,14,15). The van der Waals surface area contributed by atoms with Gasteiger partial charge in [-0.1, -0.05) is 36.9 Å². The van der Waals surface area contributed by atoms with E-state index in [1.807, 2.05) is 0 Å². The van der Waals surface area contributed by atoms with Crippen LogP contribution in [0.2, 0.25) is 0 Å². The summed E-state index contributed by atoms with van der Waals surface area (Å²) < 4.78 is 20.1. The summed E-state index contributed by atoms with van der Waals surface area (Å²) in [6.45, 7) is 2.91. The van der Waals surface area contributed by atoms with Crippen molar-refractivity contribution in [1.82, 2.24) is 0 Å². The summed E-state index contributed by atoms with van der Waals surface area (Å²) in [4.78, 5) is 28.5. The maximum Gasteiger partial charge on any atom is 0.470 e. The minimum Gasteiger partial charge on any atom is -0.459 e. The fourth-order valence-corrected chi connectivity index (χ4v) is 1.75. The molecule has 1 aromatic carbocycles. The predicted molar refractivity (Wildman–Crippen MR) is 63.5 cm³/mol. The molecule has 0 saturated carbocycles. The lowest BCUT2D eigenvalue weighted by atomic mass is 10.1. The first-order valence-electron chi connectivity index (χ1n) is 5.00. The number of ether oxygens (including phenoxy) is 1. The summed E-state index contributed by atoms with van der Waals surface area (Å²) in [5.41, 5.74) is 0.498. The number of phosphoric acid groups is 1. The smallest absolute Gasteiger partial charge is 0.459 e. The van der Waals surface area contributed by atoms with E-state index in [1.165, 1.54) is 0 Å². The van der Waals surface area contributed by atoms with Crippen molar-refractivity contribution in [2.45, 2.75) is 6.10 Å². The molecule has 2 N–H and O–H groups in total. The fourth-order valence-electron chi connectivity index (χ4n) is 1.24. The number of phosphoric ester groups is 1. The molecule has 0 fully saturated rings. The van der Waals surface area contributed by atoms with E-state index in [1.54, 1.807) is 30.3 Å². The largest absolute Gasteiger partial charge is 0.470 e. The monoisotopic (exact) mass is 272 g/mol. The summed E-state index contributed by atoms with van der Waals surface area (Å²) in [5, 5.41) is 0. The van der Waals surface area contributed by atoms with Crippen LogP contribution in [0.1, 0.15) is 11.7 Å². The summed E-state index contributed by atoms with van der Waals surface area (Å²) in [7, 11) is -4.67. The van der Waals surface area contributed by atoms with Crippen molar-refractivity contribution < 1.29 is 28.4 Å². The predicted octanol–water partition coefficient (Wildman–Crippen LogP) is 1.57. The van der Waals surface area contributed by atoms with Crippen LogP contribution in [0.4, 0.5) is 0 Å². The van der Waals surface area contributed by atoms with Gasteiger partial charge in [0.25, 0.3) is 0 Å². The van der Waals surface area contributed by atoms with Crippen LogP contribution in [0.15, 0.2) is 43.0 Å². The van der Waals surface area contributed by atoms with Crippen LogP contribution in [-0.2, 0) is 18.6 Å². The molecular formula is C11H13O6P. The number of rotatable bonds is 6. The molecule has 1 unspecified atom stereocenters. The van der Waals surface area contributed by atoms with E-state index in [4.69, 9.17) is 14.5 Å². The Kier molecular flexibility index (Phi) is 5.25. The van der Waals surface area contributed by atoms with Crippen LogP contribution in [0.25, 0.3) is 0 Å². The lowest BCUT2D eigenvalue weighted by molar-refractivity contribution is -0.140. The molecule has 1 aromatic rings. The van der Waals surface area contributed by atoms with Gasteiger partial charge in [0.2, 0.25) is 0 Å². The third-order valence-electron chi connectivity index (χ3n) is 1.98. The number of hydrogen-bond donors (Lipinski definition) is 2. The van der Waals surface area contributed by atoms with Crippen molar-refractivity contribution in [1.29, 1.82) is 0 Å². The first kappa shape index (κ1) is 14.6.